The Kier molecular flexibility index (Phi) is 7.08. The molecule has 2 aliphatic heterocycles. The molecule has 234 valence electrons. The number of sulfonamides is 1. The zero-order valence-corrected chi connectivity index (χ0v) is 26.7. The van der Waals surface area contributed by atoms with Crippen molar-refractivity contribution in [3.63, 3.8) is 0 Å². The molecule has 44 heavy (non-hydrogen) atoms. The monoisotopic (exact) mass is 619 g/mol. The molecule has 1 N–H and O–H groups in total. The number of fused-ring (bicyclic) bond motifs is 7. The number of amides is 2. The van der Waals surface area contributed by atoms with Gasteiger partial charge in [0, 0.05) is 47.6 Å². The molecule has 1 saturated heterocycles. The molecule has 2 unspecified atom stereocenters. The van der Waals surface area contributed by atoms with Crippen LogP contribution in [0.25, 0.3) is 22.2 Å². The van der Waals surface area contributed by atoms with E-state index in [2.05, 4.69) is 21.4 Å². The third kappa shape index (κ3) is 4.90. The van der Waals surface area contributed by atoms with Crippen LogP contribution in [0.5, 0.6) is 5.75 Å². The first-order valence-corrected chi connectivity index (χ1v) is 17.7. The van der Waals surface area contributed by atoms with Crippen LogP contribution in [0.4, 0.5) is 0 Å². The van der Waals surface area contributed by atoms with Crippen LogP contribution in [0.1, 0.15) is 85.7 Å². The van der Waals surface area contributed by atoms with Gasteiger partial charge in [-0.3, -0.25) is 9.59 Å². The summed E-state index contributed by atoms with van der Waals surface area (Å²) in [5.74, 6) is 0.663. The van der Waals surface area contributed by atoms with Gasteiger partial charge in [0.1, 0.15) is 5.75 Å². The Labute approximate surface area is 258 Å². The summed E-state index contributed by atoms with van der Waals surface area (Å²) < 4.78 is 39.9. The summed E-state index contributed by atoms with van der Waals surface area (Å²) in [6, 6.07) is 11.8. The Morgan fingerprint density at radius 1 is 1.02 bits per heavy atom. The van der Waals surface area contributed by atoms with Gasteiger partial charge in [-0.1, -0.05) is 25.3 Å². The van der Waals surface area contributed by atoms with E-state index in [-0.39, 0.29) is 29.6 Å². The van der Waals surface area contributed by atoms with Crippen LogP contribution < -0.4 is 9.46 Å². The van der Waals surface area contributed by atoms with E-state index in [1.165, 1.54) is 24.8 Å². The summed E-state index contributed by atoms with van der Waals surface area (Å²) in [4.78, 5) is 29.6. The van der Waals surface area contributed by atoms with Gasteiger partial charge in [-0.15, -0.1) is 0 Å². The van der Waals surface area contributed by atoms with Crippen LogP contribution in [0, 0.1) is 5.41 Å². The largest absolute Gasteiger partial charge is 0.497 e. The molecule has 3 fully saturated rings. The Balaban J connectivity index is 1.45. The molecule has 2 aliphatic carbocycles. The zero-order valence-electron chi connectivity index (χ0n) is 25.9. The minimum absolute atomic E-state index is 0.0359. The highest BCUT2D eigenvalue weighted by atomic mass is 32.2. The van der Waals surface area contributed by atoms with Crippen LogP contribution in [0.15, 0.2) is 36.4 Å². The van der Waals surface area contributed by atoms with Gasteiger partial charge in [0.15, 0.2) is 0 Å². The molecular weight excluding hydrogens is 578 g/mol. The first kappa shape index (κ1) is 29.3. The highest BCUT2D eigenvalue weighted by Crippen LogP contribution is 2.66. The van der Waals surface area contributed by atoms with Crippen LogP contribution in [0.2, 0.25) is 0 Å². The van der Waals surface area contributed by atoms with Gasteiger partial charge in [-0.2, -0.15) is 0 Å². The minimum atomic E-state index is -3.73. The van der Waals surface area contributed by atoms with Crippen molar-refractivity contribution in [1.82, 2.24) is 14.2 Å². The molecule has 3 aromatic rings. The van der Waals surface area contributed by atoms with Gasteiger partial charge < -0.3 is 18.9 Å². The molecule has 2 amide bonds. The average Bonchev–Trinajstić information content (AvgIpc) is 3.65. The van der Waals surface area contributed by atoms with Gasteiger partial charge >= 0.3 is 0 Å². The van der Waals surface area contributed by atoms with E-state index in [1.807, 2.05) is 36.9 Å². The maximum Gasteiger partial charge on any atom is 0.264 e. The summed E-state index contributed by atoms with van der Waals surface area (Å²) >= 11 is 0. The molecule has 10 heteroatoms. The zero-order chi connectivity index (χ0) is 31.0. The van der Waals surface area contributed by atoms with E-state index in [1.54, 1.807) is 13.2 Å². The quantitative estimate of drug-likeness (QED) is 0.422. The second-order valence-corrected chi connectivity index (χ2v) is 15.2. The Morgan fingerprint density at radius 3 is 2.43 bits per heavy atom. The molecule has 2 aromatic carbocycles. The maximum absolute atomic E-state index is 14.6. The highest BCUT2D eigenvalue weighted by molar-refractivity contribution is 7.89. The number of rotatable bonds is 5. The van der Waals surface area contributed by atoms with Crippen molar-refractivity contribution >= 4 is 32.7 Å². The van der Waals surface area contributed by atoms with Crippen molar-refractivity contribution in [2.75, 3.05) is 26.5 Å². The number of hydrogen-bond acceptors (Lipinski definition) is 6. The predicted octanol–water partition coefficient (Wildman–Crippen LogP) is 5.18. The van der Waals surface area contributed by atoms with Crippen LogP contribution in [0.3, 0.4) is 0 Å². The van der Waals surface area contributed by atoms with E-state index in [0.717, 1.165) is 59.0 Å². The fraction of sp³-hybridized carbons (Fsp3) is 0.529. The molecule has 9 nitrogen and oxygen atoms in total. The summed E-state index contributed by atoms with van der Waals surface area (Å²) in [7, 11) is -2.06. The molecule has 7 rings (SSSR count). The maximum atomic E-state index is 14.6. The number of ether oxygens (including phenoxy) is 2. The van der Waals surface area contributed by atoms with Gasteiger partial charge in [0.2, 0.25) is 15.9 Å². The fourth-order valence-electron chi connectivity index (χ4n) is 8.31. The van der Waals surface area contributed by atoms with Crippen LogP contribution in [-0.2, 0) is 26.1 Å². The van der Waals surface area contributed by atoms with Crippen LogP contribution >= 0.6 is 0 Å². The number of methoxy groups -OCH3 is 1. The Morgan fingerprint density at radius 2 is 1.75 bits per heavy atom. The fourth-order valence-corrected chi connectivity index (χ4v) is 8.76. The van der Waals surface area contributed by atoms with Crippen molar-refractivity contribution in [1.29, 1.82) is 0 Å². The van der Waals surface area contributed by atoms with Crippen LogP contribution in [-0.4, -0.2) is 68.4 Å². The van der Waals surface area contributed by atoms with Crippen molar-refractivity contribution in [2.24, 2.45) is 5.41 Å². The third-order valence-electron chi connectivity index (χ3n) is 10.2. The SMILES string of the molecule is COc1ccc2c(c1)C1CC1(C(=O)N1C[C@@H](C)O[C@@H](C)C1)Cn1c-2c(C2CCCCC2)c2ccc(C(=O)NS(C)(=O)=O)cc21. The number of morpholine rings is 1. The van der Waals surface area contributed by atoms with Crippen molar-refractivity contribution in [3.05, 3.63) is 53.1 Å². The van der Waals surface area contributed by atoms with E-state index in [9.17, 15) is 18.0 Å². The van der Waals surface area contributed by atoms with Gasteiger partial charge in [0.05, 0.1) is 36.7 Å². The smallest absolute Gasteiger partial charge is 0.264 e. The number of carbonyl (C=O) groups excluding carboxylic acids is 2. The average molecular weight is 620 g/mol. The van der Waals surface area contributed by atoms with Gasteiger partial charge in [-0.25, -0.2) is 13.1 Å². The minimum Gasteiger partial charge on any atom is -0.497 e. The summed E-state index contributed by atoms with van der Waals surface area (Å²) in [6.45, 7) is 5.64. The molecule has 1 aromatic heterocycles. The Bertz CT molecular complexity index is 1760. The summed E-state index contributed by atoms with van der Waals surface area (Å²) in [5.41, 5.74) is 5.16. The summed E-state index contributed by atoms with van der Waals surface area (Å²) in [5, 5.41) is 1.07. The number of benzene rings is 2. The van der Waals surface area contributed by atoms with Crippen molar-refractivity contribution in [3.8, 4) is 17.0 Å². The molecule has 4 aliphatic rings. The normalized spacial score (nSPS) is 26.7. The molecule has 2 saturated carbocycles. The predicted molar refractivity (Wildman–Crippen MR) is 168 cm³/mol. The molecule has 0 bridgehead atoms. The standard InChI is InChI=1S/C34H41N3O6S/c1-20-17-36(18-21(2)43-20)33(39)34-16-28(34)27-15-24(42-3)11-13-25(27)31-30(22-8-6-5-7-9-22)26-12-10-23(14-29(26)37(31)19-34)32(38)35-44(4,40)41/h10-15,20-22,28H,5-9,16-19H2,1-4H3,(H,35,38)/t20-,21+,28?,34?. The lowest BCUT2D eigenvalue weighted by atomic mass is 9.81. The third-order valence-corrected chi connectivity index (χ3v) is 10.8. The van der Waals surface area contributed by atoms with E-state index in [4.69, 9.17) is 9.47 Å². The van der Waals surface area contributed by atoms with Crippen molar-refractivity contribution < 1.29 is 27.5 Å². The molecule has 3 heterocycles. The molecule has 4 atom stereocenters. The first-order valence-electron chi connectivity index (χ1n) is 15.8. The number of carbonyl (C=O) groups is 2. The van der Waals surface area contributed by atoms with Gasteiger partial charge in [0.25, 0.3) is 5.91 Å². The second-order valence-electron chi connectivity index (χ2n) is 13.5. The molecular formula is C34H41N3O6S. The highest BCUT2D eigenvalue weighted by Gasteiger charge is 2.64. The first-order chi connectivity index (χ1) is 21.0. The van der Waals surface area contributed by atoms with E-state index < -0.39 is 21.3 Å². The summed E-state index contributed by atoms with van der Waals surface area (Å²) in [6.07, 6.45) is 7.38. The Hall–Kier alpha value is -3.37. The van der Waals surface area contributed by atoms with E-state index in [0.29, 0.717) is 25.6 Å². The molecule has 0 radical (unpaired) electrons. The van der Waals surface area contributed by atoms with E-state index >= 15 is 0 Å². The lowest BCUT2D eigenvalue weighted by Crippen LogP contribution is -2.51. The topological polar surface area (TPSA) is 107 Å². The number of nitrogens with one attached hydrogen (secondary N) is 1. The van der Waals surface area contributed by atoms with Crippen molar-refractivity contribution in [2.45, 2.75) is 83.0 Å². The lowest BCUT2D eigenvalue weighted by Gasteiger charge is -2.37. The second kappa shape index (κ2) is 10.6. The molecule has 0 spiro atoms. The number of aromatic nitrogens is 1. The lowest BCUT2D eigenvalue weighted by molar-refractivity contribution is -0.149. The number of hydrogen-bond donors (Lipinski definition) is 1. The van der Waals surface area contributed by atoms with Gasteiger partial charge in [-0.05, 0) is 80.5 Å². The number of nitrogens with zero attached hydrogens (tertiary/aromatic N) is 2.